The van der Waals surface area contributed by atoms with E-state index >= 15 is 0 Å². The standard InChI is InChI=1S/C25H22P.C8H11O4P.2C2H6.BrH/c1-5-13-22(14-6-1)21-26(23-15-7-2-8-16-23,24-17-9-3-10-18-24)25-19-11-4-12-20-25;1-11-12-13(9,10)7-8-5-3-2-4-6-8;2*1-2;/h1-20H,21H2;2-6H,7H2,1H3,(H,9,10);2*1-2H3;1H/q+1;;;;/p-1. The van der Waals surface area contributed by atoms with Gasteiger partial charge in [-0.15, -0.1) is 4.67 Å². The van der Waals surface area contributed by atoms with E-state index in [4.69, 9.17) is 0 Å². The Kier molecular flexibility index (Phi) is 19.4. The highest BCUT2D eigenvalue weighted by Gasteiger charge is 2.45. The maximum Gasteiger partial charge on any atom is 0.359 e. The first-order valence-corrected chi connectivity index (χ1v) is 18.4. The molecular weight excluding hydrogens is 650 g/mol. The molecule has 4 nitrogen and oxygen atoms in total. The molecule has 0 amide bonds. The number of rotatable bonds is 9. The van der Waals surface area contributed by atoms with E-state index in [0.717, 1.165) is 11.7 Å². The fraction of sp³-hybridized carbons (Fsp3) is 0.189. The summed E-state index contributed by atoms with van der Waals surface area (Å²) in [6, 6.07) is 53.0. The highest BCUT2D eigenvalue weighted by molar-refractivity contribution is 7.95. The summed E-state index contributed by atoms with van der Waals surface area (Å²) in [5.74, 6) is 0. The van der Waals surface area contributed by atoms with Crippen molar-refractivity contribution in [3.8, 4) is 0 Å². The highest BCUT2D eigenvalue weighted by Crippen LogP contribution is 2.58. The first-order chi connectivity index (χ1) is 21.0. The van der Waals surface area contributed by atoms with Crippen LogP contribution in [0.1, 0.15) is 38.8 Å². The first-order valence-electron chi connectivity index (χ1n) is 14.7. The van der Waals surface area contributed by atoms with E-state index < -0.39 is 14.9 Å². The molecule has 0 aliphatic carbocycles. The molecule has 0 bridgehead atoms. The van der Waals surface area contributed by atoms with Gasteiger partial charge in [0.15, 0.2) is 0 Å². The third-order valence-corrected chi connectivity index (χ3v) is 11.8. The van der Waals surface area contributed by atoms with Gasteiger partial charge in [0.1, 0.15) is 23.2 Å². The van der Waals surface area contributed by atoms with Gasteiger partial charge in [-0.05, 0) is 47.5 Å². The molecule has 0 aliphatic heterocycles. The van der Waals surface area contributed by atoms with Gasteiger partial charge >= 0.3 is 7.60 Å². The normalized spacial score (nSPS) is 11.4. The first kappa shape index (κ1) is 39.1. The van der Waals surface area contributed by atoms with Crippen molar-refractivity contribution >= 4 is 30.8 Å². The average Bonchev–Trinajstić information content (AvgIpc) is 3.08. The molecule has 7 heteroatoms. The maximum absolute atomic E-state index is 11.2. The van der Waals surface area contributed by atoms with Crippen molar-refractivity contribution in [1.29, 1.82) is 0 Å². The Bertz CT molecular complexity index is 1340. The van der Waals surface area contributed by atoms with Crippen LogP contribution >= 0.6 is 14.9 Å². The molecule has 5 aromatic carbocycles. The fourth-order valence-electron chi connectivity index (χ4n) is 4.58. The van der Waals surface area contributed by atoms with E-state index in [1.165, 1.54) is 28.6 Å². The molecule has 0 spiro atoms. The quantitative estimate of drug-likeness (QED) is 0.114. The lowest BCUT2D eigenvalue weighted by molar-refractivity contribution is -0.185. The summed E-state index contributed by atoms with van der Waals surface area (Å²) in [5.41, 5.74) is 2.13. The van der Waals surface area contributed by atoms with Gasteiger partial charge in [0.2, 0.25) is 0 Å². The van der Waals surface area contributed by atoms with Gasteiger partial charge in [0.25, 0.3) is 0 Å². The van der Waals surface area contributed by atoms with Crippen molar-refractivity contribution in [2.24, 2.45) is 0 Å². The molecule has 0 saturated heterocycles. The lowest BCUT2D eigenvalue weighted by Crippen LogP contribution is -3.00. The summed E-state index contributed by atoms with van der Waals surface area (Å²) in [6.07, 6.45) is 0.994. The van der Waals surface area contributed by atoms with Crippen molar-refractivity contribution in [2.45, 2.75) is 40.0 Å². The van der Waals surface area contributed by atoms with Crippen molar-refractivity contribution < 1.29 is 36.0 Å². The smallest absolute Gasteiger partial charge is 0.359 e. The molecule has 0 aromatic heterocycles. The SMILES string of the molecule is CC.CC.COOP(=O)(O)Cc1ccccc1.[Br-].c1ccc(C[P+](c2ccccc2)(c2ccccc2)c2ccccc2)cc1. The number of hydrogen-bond acceptors (Lipinski definition) is 3. The van der Waals surface area contributed by atoms with Gasteiger partial charge in [-0.1, -0.05) is 143 Å². The van der Waals surface area contributed by atoms with Crippen LogP contribution in [0.15, 0.2) is 152 Å². The van der Waals surface area contributed by atoms with E-state index in [-0.39, 0.29) is 23.1 Å². The zero-order chi connectivity index (χ0) is 31.4. The molecule has 0 aliphatic rings. The monoisotopic (exact) mass is 694 g/mol. The predicted molar refractivity (Wildman–Crippen MR) is 186 cm³/mol. The van der Waals surface area contributed by atoms with Crippen molar-refractivity contribution in [3.05, 3.63) is 163 Å². The van der Waals surface area contributed by atoms with Crippen molar-refractivity contribution in [1.82, 2.24) is 0 Å². The summed E-state index contributed by atoms with van der Waals surface area (Å²) >= 11 is 0. The van der Waals surface area contributed by atoms with Crippen LogP contribution in [0.4, 0.5) is 0 Å². The molecule has 0 heterocycles. The van der Waals surface area contributed by atoms with Crippen LogP contribution in [-0.4, -0.2) is 12.0 Å². The maximum atomic E-state index is 11.2. The average molecular weight is 696 g/mol. The van der Waals surface area contributed by atoms with E-state index in [1.807, 2.05) is 33.8 Å². The Labute approximate surface area is 275 Å². The Morgan fingerprint density at radius 3 is 1.16 bits per heavy atom. The van der Waals surface area contributed by atoms with E-state index in [2.05, 4.69) is 131 Å². The molecule has 5 rings (SSSR count). The second-order valence-corrected chi connectivity index (χ2v) is 14.2. The molecule has 1 unspecified atom stereocenters. The number of benzene rings is 5. The topological polar surface area (TPSA) is 55.8 Å². The van der Waals surface area contributed by atoms with Crippen LogP contribution in [0, 0.1) is 0 Å². The minimum absolute atomic E-state index is 0. The van der Waals surface area contributed by atoms with Gasteiger partial charge in [0, 0.05) is 0 Å². The van der Waals surface area contributed by atoms with Gasteiger partial charge in [-0.25, -0.2) is 4.89 Å². The largest absolute Gasteiger partial charge is 1.00 e. The Morgan fingerprint density at radius 1 is 0.545 bits per heavy atom. The highest BCUT2D eigenvalue weighted by atomic mass is 79.9. The van der Waals surface area contributed by atoms with Gasteiger partial charge < -0.3 is 21.9 Å². The lowest BCUT2D eigenvalue weighted by Gasteiger charge is -2.27. The van der Waals surface area contributed by atoms with E-state index in [0.29, 0.717) is 0 Å². The molecule has 234 valence electrons. The van der Waals surface area contributed by atoms with Crippen LogP contribution in [0.3, 0.4) is 0 Å². The van der Waals surface area contributed by atoms with Gasteiger partial charge in [0.05, 0.1) is 19.4 Å². The van der Waals surface area contributed by atoms with Crippen LogP contribution in [0.25, 0.3) is 0 Å². The minimum atomic E-state index is -3.64. The van der Waals surface area contributed by atoms with Crippen LogP contribution < -0.4 is 32.9 Å². The lowest BCUT2D eigenvalue weighted by atomic mass is 10.2. The summed E-state index contributed by atoms with van der Waals surface area (Å²) in [5, 5.41) is 4.30. The summed E-state index contributed by atoms with van der Waals surface area (Å²) in [6.45, 7) is 8.00. The summed E-state index contributed by atoms with van der Waals surface area (Å²) < 4.78 is 15.4. The van der Waals surface area contributed by atoms with Crippen molar-refractivity contribution in [3.63, 3.8) is 0 Å². The molecule has 0 radical (unpaired) electrons. The Hall–Kier alpha value is -2.88. The Morgan fingerprint density at radius 2 is 0.841 bits per heavy atom. The third-order valence-electron chi connectivity index (χ3n) is 6.27. The fourth-order valence-corrected chi connectivity index (χ4v) is 9.78. The summed E-state index contributed by atoms with van der Waals surface area (Å²) in [7, 11) is -4.21. The zero-order valence-corrected chi connectivity index (χ0v) is 29.7. The van der Waals surface area contributed by atoms with Crippen LogP contribution in [0.2, 0.25) is 0 Å². The molecule has 1 atom stereocenters. The van der Waals surface area contributed by atoms with Crippen LogP contribution in [0.5, 0.6) is 0 Å². The zero-order valence-electron chi connectivity index (χ0n) is 26.3. The summed E-state index contributed by atoms with van der Waals surface area (Å²) in [4.78, 5) is 13.3. The Balaban J connectivity index is 0.000000457. The van der Waals surface area contributed by atoms with E-state index in [9.17, 15) is 9.46 Å². The molecule has 44 heavy (non-hydrogen) atoms. The van der Waals surface area contributed by atoms with E-state index in [1.54, 1.807) is 24.3 Å². The minimum Gasteiger partial charge on any atom is -1.00 e. The number of halogens is 1. The molecule has 0 saturated carbocycles. The molecule has 1 N–H and O–H groups in total. The second-order valence-electron chi connectivity index (χ2n) is 8.98. The molecule has 5 aromatic rings. The second kappa shape index (κ2) is 21.8. The number of hydrogen-bond donors (Lipinski definition) is 1. The molecular formula is C37H45BrO4P2. The van der Waals surface area contributed by atoms with Crippen molar-refractivity contribution in [2.75, 3.05) is 7.11 Å². The third kappa shape index (κ3) is 11.9. The van der Waals surface area contributed by atoms with Gasteiger partial charge in [-0.3, -0.25) is 4.57 Å². The van der Waals surface area contributed by atoms with Crippen LogP contribution in [-0.2, 0) is 26.5 Å². The van der Waals surface area contributed by atoms with Gasteiger partial charge in [-0.2, -0.15) is 0 Å². The molecule has 0 fully saturated rings. The predicted octanol–water partition coefficient (Wildman–Crippen LogP) is 6.19.